The largest absolute Gasteiger partial charge is 0.342 e. The van der Waals surface area contributed by atoms with Crippen LogP contribution in [0.5, 0.6) is 0 Å². The zero-order chi connectivity index (χ0) is 17.4. The van der Waals surface area contributed by atoms with Crippen LogP contribution in [0.25, 0.3) is 0 Å². The lowest BCUT2D eigenvalue weighted by Gasteiger charge is -2.36. The van der Waals surface area contributed by atoms with Crippen molar-refractivity contribution in [1.82, 2.24) is 15.5 Å². The Balaban J connectivity index is 1.65. The van der Waals surface area contributed by atoms with Gasteiger partial charge in [-0.05, 0) is 25.3 Å². The smallest absolute Gasteiger partial charge is 0.246 e. The first-order valence-corrected chi connectivity index (χ1v) is 8.46. The van der Waals surface area contributed by atoms with Crippen molar-refractivity contribution in [2.45, 2.75) is 51.9 Å². The van der Waals surface area contributed by atoms with Gasteiger partial charge in [-0.3, -0.25) is 9.59 Å². The Morgan fingerprint density at radius 1 is 1.38 bits per heavy atom. The number of hydrogen-bond acceptors (Lipinski definition) is 3. The highest BCUT2D eigenvalue weighted by atomic mass is 19.1. The average molecular weight is 333 g/mol. The van der Waals surface area contributed by atoms with Crippen LogP contribution in [0, 0.1) is 18.7 Å². The van der Waals surface area contributed by atoms with Crippen molar-refractivity contribution in [2.75, 3.05) is 6.54 Å². The first kappa shape index (κ1) is 16.9. The second-order valence-electron chi connectivity index (χ2n) is 7.15. The van der Waals surface area contributed by atoms with Crippen LogP contribution in [0.1, 0.15) is 31.4 Å². The summed E-state index contributed by atoms with van der Waals surface area (Å²) in [6.07, 6.45) is 0.565. The summed E-state index contributed by atoms with van der Waals surface area (Å²) in [5.41, 5.74) is 1.61. The van der Waals surface area contributed by atoms with Crippen molar-refractivity contribution in [3.63, 3.8) is 0 Å². The fourth-order valence-electron chi connectivity index (χ4n) is 3.51. The molecule has 130 valence electrons. The lowest BCUT2D eigenvalue weighted by Crippen LogP contribution is -2.62. The number of carbonyl (C=O) groups is 2. The quantitative estimate of drug-likeness (QED) is 0.874. The van der Waals surface area contributed by atoms with Gasteiger partial charge < -0.3 is 15.5 Å². The third-order valence-electron chi connectivity index (χ3n) is 4.90. The summed E-state index contributed by atoms with van der Waals surface area (Å²) in [6, 6.07) is 4.17. The fourth-order valence-corrected chi connectivity index (χ4v) is 3.51. The van der Waals surface area contributed by atoms with Gasteiger partial charge in [0.05, 0.1) is 0 Å². The number of piperazine rings is 1. The summed E-state index contributed by atoms with van der Waals surface area (Å²) >= 11 is 0. The second-order valence-corrected chi connectivity index (χ2v) is 7.15. The number of benzene rings is 1. The molecule has 2 saturated heterocycles. The molecule has 0 aliphatic carbocycles. The van der Waals surface area contributed by atoms with E-state index in [0.29, 0.717) is 25.1 Å². The van der Waals surface area contributed by atoms with E-state index in [0.717, 1.165) is 5.56 Å². The highest BCUT2D eigenvalue weighted by Gasteiger charge is 2.46. The topological polar surface area (TPSA) is 61.4 Å². The summed E-state index contributed by atoms with van der Waals surface area (Å²) in [7, 11) is 0. The van der Waals surface area contributed by atoms with E-state index >= 15 is 0 Å². The molecule has 5 nitrogen and oxygen atoms in total. The molecule has 6 heteroatoms. The molecule has 2 fully saturated rings. The molecule has 1 aromatic carbocycles. The zero-order valence-corrected chi connectivity index (χ0v) is 14.3. The van der Waals surface area contributed by atoms with Crippen LogP contribution in [0.4, 0.5) is 4.39 Å². The highest BCUT2D eigenvalue weighted by molar-refractivity contribution is 5.97. The molecule has 2 N–H and O–H groups in total. The van der Waals surface area contributed by atoms with E-state index in [9.17, 15) is 14.0 Å². The predicted octanol–water partition coefficient (Wildman–Crippen LogP) is 1.35. The molecule has 24 heavy (non-hydrogen) atoms. The Labute approximate surface area is 141 Å². The first-order chi connectivity index (χ1) is 11.4. The minimum absolute atomic E-state index is 0.00414. The normalized spacial score (nSPS) is 26.7. The van der Waals surface area contributed by atoms with Gasteiger partial charge in [0.25, 0.3) is 0 Å². The van der Waals surface area contributed by atoms with Crippen LogP contribution in [0.2, 0.25) is 0 Å². The monoisotopic (exact) mass is 333 g/mol. The number of hydrogen-bond donors (Lipinski definition) is 2. The van der Waals surface area contributed by atoms with Gasteiger partial charge in [-0.2, -0.15) is 0 Å². The van der Waals surface area contributed by atoms with Crippen LogP contribution >= 0.6 is 0 Å². The number of nitrogens with one attached hydrogen (secondary N) is 2. The summed E-state index contributed by atoms with van der Waals surface area (Å²) in [5, 5.41) is 6.12. The number of rotatable bonds is 4. The Morgan fingerprint density at radius 3 is 2.83 bits per heavy atom. The van der Waals surface area contributed by atoms with E-state index in [1.165, 1.54) is 6.07 Å². The Kier molecular flexibility index (Phi) is 4.58. The van der Waals surface area contributed by atoms with Crippen LogP contribution in [-0.4, -0.2) is 41.4 Å². The third kappa shape index (κ3) is 3.15. The second kappa shape index (κ2) is 6.51. The van der Waals surface area contributed by atoms with Crippen LogP contribution in [-0.2, 0) is 16.1 Å². The number of amides is 2. The molecule has 0 aromatic heterocycles. The molecule has 3 rings (SSSR count). The molecule has 0 unspecified atom stereocenters. The van der Waals surface area contributed by atoms with Crippen LogP contribution < -0.4 is 10.6 Å². The van der Waals surface area contributed by atoms with Crippen molar-refractivity contribution in [3.05, 3.63) is 35.1 Å². The maximum atomic E-state index is 13.8. The van der Waals surface area contributed by atoms with Crippen molar-refractivity contribution in [1.29, 1.82) is 0 Å². The van der Waals surface area contributed by atoms with E-state index < -0.39 is 12.1 Å². The van der Waals surface area contributed by atoms with E-state index in [1.807, 2.05) is 26.8 Å². The summed E-state index contributed by atoms with van der Waals surface area (Å²) < 4.78 is 13.8. The van der Waals surface area contributed by atoms with Gasteiger partial charge in [-0.15, -0.1) is 0 Å². The molecule has 0 radical (unpaired) electrons. The SMILES string of the molecule is Cc1ccc(F)c(CN[C@H]2C[C@H]3C(=O)N[C@H](C(C)C)C(=O)N3C2)c1. The molecular weight excluding hydrogens is 309 g/mol. The molecule has 0 saturated carbocycles. The zero-order valence-electron chi connectivity index (χ0n) is 14.3. The molecule has 3 atom stereocenters. The maximum Gasteiger partial charge on any atom is 0.246 e. The molecule has 2 heterocycles. The number of fused-ring (bicyclic) bond motifs is 1. The summed E-state index contributed by atoms with van der Waals surface area (Å²) in [5.74, 6) is -0.270. The van der Waals surface area contributed by atoms with Gasteiger partial charge in [0, 0.05) is 24.7 Å². The number of halogens is 1. The third-order valence-corrected chi connectivity index (χ3v) is 4.90. The van der Waals surface area contributed by atoms with E-state index in [2.05, 4.69) is 10.6 Å². The summed E-state index contributed by atoms with van der Waals surface area (Å²) in [4.78, 5) is 26.5. The fraction of sp³-hybridized carbons (Fsp3) is 0.556. The highest BCUT2D eigenvalue weighted by Crippen LogP contribution is 2.25. The van der Waals surface area contributed by atoms with Crippen molar-refractivity contribution < 1.29 is 14.0 Å². The Hall–Kier alpha value is -1.95. The molecule has 0 spiro atoms. The lowest BCUT2D eigenvalue weighted by atomic mass is 9.98. The van der Waals surface area contributed by atoms with Crippen molar-refractivity contribution in [3.8, 4) is 0 Å². The number of carbonyl (C=O) groups excluding carboxylic acids is 2. The van der Waals surface area contributed by atoms with Gasteiger partial charge in [-0.1, -0.05) is 31.5 Å². The minimum atomic E-state index is -0.443. The molecule has 2 aliphatic heterocycles. The summed E-state index contributed by atoms with van der Waals surface area (Å²) in [6.45, 7) is 6.66. The molecule has 0 bridgehead atoms. The van der Waals surface area contributed by atoms with Gasteiger partial charge >= 0.3 is 0 Å². The first-order valence-electron chi connectivity index (χ1n) is 8.46. The van der Waals surface area contributed by atoms with E-state index in [1.54, 1.807) is 11.0 Å². The van der Waals surface area contributed by atoms with E-state index in [-0.39, 0.29) is 29.6 Å². The number of aryl methyl sites for hydroxylation is 1. The number of nitrogens with zero attached hydrogens (tertiary/aromatic N) is 1. The average Bonchev–Trinajstić information content (AvgIpc) is 2.96. The lowest BCUT2D eigenvalue weighted by molar-refractivity contribution is -0.148. The molecule has 2 aliphatic rings. The van der Waals surface area contributed by atoms with E-state index in [4.69, 9.17) is 0 Å². The van der Waals surface area contributed by atoms with Gasteiger partial charge in [0.15, 0.2) is 0 Å². The maximum absolute atomic E-state index is 13.8. The molecule has 2 amide bonds. The standard InChI is InChI=1S/C18H24FN3O2/c1-10(2)16-18(24)22-9-13(7-15(22)17(23)21-16)20-8-12-6-11(3)4-5-14(12)19/h4-6,10,13,15-16,20H,7-9H2,1-3H3,(H,21,23)/t13-,15-,16+/m0/s1. The van der Waals surface area contributed by atoms with Gasteiger partial charge in [0.2, 0.25) is 11.8 Å². The van der Waals surface area contributed by atoms with Crippen molar-refractivity contribution in [2.24, 2.45) is 5.92 Å². The molecule has 1 aromatic rings. The van der Waals surface area contributed by atoms with Crippen LogP contribution in [0.3, 0.4) is 0 Å². The van der Waals surface area contributed by atoms with Gasteiger partial charge in [-0.25, -0.2) is 4.39 Å². The van der Waals surface area contributed by atoms with Gasteiger partial charge in [0.1, 0.15) is 17.9 Å². The molecular formula is C18H24FN3O2. The minimum Gasteiger partial charge on any atom is -0.342 e. The van der Waals surface area contributed by atoms with Crippen molar-refractivity contribution >= 4 is 11.8 Å². The Morgan fingerprint density at radius 2 is 2.12 bits per heavy atom. The van der Waals surface area contributed by atoms with Crippen LogP contribution in [0.15, 0.2) is 18.2 Å². The Bertz CT molecular complexity index is 662. The predicted molar refractivity (Wildman–Crippen MR) is 88.7 cm³/mol.